The van der Waals surface area contributed by atoms with Crippen molar-refractivity contribution in [1.29, 1.82) is 0 Å². The highest BCUT2D eigenvalue weighted by Gasteiger charge is 2.39. The summed E-state index contributed by atoms with van der Waals surface area (Å²) in [6, 6.07) is 19.9. The van der Waals surface area contributed by atoms with Gasteiger partial charge in [-0.1, -0.05) is 80.9 Å². The lowest BCUT2D eigenvalue weighted by Crippen LogP contribution is -2.22. The zero-order valence-corrected chi connectivity index (χ0v) is 14.9. The predicted molar refractivity (Wildman–Crippen MR) is 102 cm³/mol. The average Bonchev–Trinajstić information content (AvgIpc) is 2.89. The fourth-order valence-electron chi connectivity index (χ4n) is 3.61. The molecule has 0 radical (unpaired) electrons. The van der Waals surface area contributed by atoms with Gasteiger partial charge < -0.3 is 5.73 Å². The summed E-state index contributed by atoms with van der Waals surface area (Å²) < 4.78 is 0. The predicted octanol–water partition coefficient (Wildman–Crippen LogP) is 5.35. The van der Waals surface area contributed by atoms with E-state index in [1.54, 1.807) is 5.57 Å². The molecule has 2 aromatic rings. The maximum absolute atomic E-state index is 4.85. The van der Waals surface area contributed by atoms with Gasteiger partial charge in [0.05, 0.1) is 0 Å². The second kappa shape index (κ2) is 7.61. The van der Waals surface area contributed by atoms with Crippen molar-refractivity contribution in [3.05, 3.63) is 76.9 Å². The van der Waals surface area contributed by atoms with Gasteiger partial charge >= 0.3 is 0 Å². The van der Waals surface area contributed by atoms with E-state index in [2.05, 4.69) is 75.4 Å². The maximum Gasteiger partial charge on any atom is 0.0220 e. The third-order valence-electron chi connectivity index (χ3n) is 4.75. The fourth-order valence-corrected chi connectivity index (χ4v) is 3.61. The van der Waals surface area contributed by atoms with E-state index in [1.165, 1.54) is 22.3 Å². The van der Waals surface area contributed by atoms with Crippen LogP contribution in [-0.2, 0) is 11.8 Å². The molecule has 0 saturated heterocycles. The number of hydrogen-bond donors (Lipinski definition) is 1. The van der Waals surface area contributed by atoms with E-state index in [1.807, 2.05) is 6.92 Å². The summed E-state index contributed by atoms with van der Waals surface area (Å²) in [5.41, 5.74) is 12.4. The largest absolute Gasteiger partial charge is 0.331 e. The second-order valence-corrected chi connectivity index (χ2v) is 6.45. The monoisotopic (exact) mass is 307 g/mol. The Labute approximate surface area is 141 Å². The molecular weight excluding hydrogens is 278 g/mol. The van der Waals surface area contributed by atoms with Crippen LogP contribution >= 0.6 is 0 Å². The normalized spacial score (nSPS) is 21.3. The van der Waals surface area contributed by atoms with Gasteiger partial charge in [0.15, 0.2) is 0 Å². The van der Waals surface area contributed by atoms with Crippen LogP contribution in [-0.4, -0.2) is 6.54 Å². The third kappa shape index (κ3) is 3.40. The van der Waals surface area contributed by atoms with Crippen molar-refractivity contribution in [3.8, 4) is 0 Å². The number of rotatable bonds is 2. The van der Waals surface area contributed by atoms with Gasteiger partial charge in [-0.3, -0.25) is 0 Å². The number of nitrogens with two attached hydrogens (primary N) is 1. The van der Waals surface area contributed by atoms with Crippen molar-refractivity contribution in [2.24, 2.45) is 5.73 Å². The van der Waals surface area contributed by atoms with E-state index in [0.29, 0.717) is 0 Å². The van der Waals surface area contributed by atoms with Gasteiger partial charge in [-0.15, -0.1) is 0 Å². The lowest BCUT2D eigenvalue weighted by Gasteiger charge is -2.29. The Morgan fingerprint density at radius 3 is 2.17 bits per heavy atom. The van der Waals surface area contributed by atoms with Crippen LogP contribution in [0.2, 0.25) is 0 Å². The zero-order chi connectivity index (χ0) is 16.9. The molecule has 1 nitrogen and oxygen atoms in total. The van der Waals surface area contributed by atoms with Crippen molar-refractivity contribution < 1.29 is 0 Å². The number of allylic oxidation sites excluding steroid dienone is 2. The third-order valence-corrected chi connectivity index (χ3v) is 4.75. The highest BCUT2D eigenvalue weighted by molar-refractivity contribution is 5.83. The molecule has 3 rings (SSSR count). The molecule has 0 heterocycles. The minimum Gasteiger partial charge on any atom is -0.331 e. The van der Waals surface area contributed by atoms with Crippen LogP contribution in [0.4, 0.5) is 0 Å². The molecule has 0 aliphatic heterocycles. The highest BCUT2D eigenvalue weighted by Crippen LogP contribution is 2.49. The first-order valence-electron chi connectivity index (χ1n) is 8.62. The van der Waals surface area contributed by atoms with Crippen LogP contribution in [0.5, 0.6) is 0 Å². The van der Waals surface area contributed by atoms with Gasteiger partial charge in [-0.2, -0.15) is 0 Å². The standard InChI is InChI=1S/C20H22.C2H7N/c1-4-15(2)19-18-13-9-8-10-16(18)14-20(19,3)17-11-6-5-7-12-17;1-2-3/h5-13H,4,14H2,1-3H3;2-3H2,1H3/b19-15-;. The summed E-state index contributed by atoms with van der Waals surface area (Å²) in [7, 11) is 0. The molecule has 0 amide bonds. The van der Waals surface area contributed by atoms with E-state index in [0.717, 1.165) is 19.4 Å². The Morgan fingerprint density at radius 1 is 1.00 bits per heavy atom. The van der Waals surface area contributed by atoms with Gasteiger partial charge in [-0.05, 0) is 48.6 Å². The summed E-state index contributed by atoms with van der Waals surface area (Å²) in [5, 5.41) is 0. The molecule has 122 valence electrons. The number of benzene rings is 2. The van der Waals surface area contributed by atoms with Crippen LogP contribution < -0.4 is 5.73 Å². The first-order chi connectivity index (χ1) is 11.1. The van der Waals surface area contributed by atoms with Crippen molar-refractivity contribution in [1.82, 2.24) is 0 Å². The summed E-state index contributed by atoms with van der Waals surface area (Å²) in [4.78, 5) is 0. The quantitative estimate of drug-likeness (QED) is 0.795. The number of hydrogen-bond acceptors (Lipinski definition) is 1. The summed E-state index contributed by atoms with van der Waals surface area (Å²) in [5.74, 6) is 0. The van der Waals surface area contributed by atoms with Crippen molar-refractivity contribution in [2.75, 3.05) is 6.54 Å². The summed E-state index contributed by atoms with van der Waals surface area (Å²) in [6.45, 7) is 9.60. The van der Waals surface area contributed by atoms with Crippen molar-refractivity contribution >= 4 is 5.57 Å². The minimum atomic E-state index is 0.116. The van der Waals surface area contributed by atoms with Crippen LogP contribution in [0, 0.1) is 0 Å². The topological polar surface area (TPSA) is 26.0 Å². The zero-order valence-electron chi connectivity index (χ0n) is 14.9. The van der Waals surface area contributed by atoms with Crippen molar-refractivity contribution in [2.45, 2.75) is 46.0 Å². The van der Waals surface area contributed by atoms with Gasteiger partial charge in [-0.25, -0.2) is 0 Å². The maximum atomic E-state index is 4.85. The van der Waals surface area contributed by atoms with Gasteiger partial charge in [0.25, 0.3) is 0 Å². The van der Waals surface area contributed by atoms with Crippen LogP contribution in [0.15, 0.2) is 60.2 Å². The first kappa shape index (κ1) is 17.5. The molecule has 1 aliphatic rings. The second-order valence-electron chi connectivity index (χ2n) is 6.45. The molecule has 0 saturated carbocycles. The van der Waals surface area contributed by atoms with Gasteiger partial charge in [0.1, 0.15) is 0 Å². The average molecular weight is 307 g/mol. The van der Waals surface area contributed by atoms with Crippen LogP contribution in [0.3, 0.4) is 0 Å². The van der Waals surface area contributed by atoms with E-state index < -0.39 is 0 Å². The van der Waals surface area contributed by atoms with E-state index in [4.69, 9.17) is 5.73 Å². The lowest BCUT2D eigenvalue weighted by atomic mass is 9.74. The molecule has 0 fully saturated rings. The Morgan fingerprint density at radius 2 is 1.57 bits per heavy atom. The molecule has 1 atom stereocenters. The van der Waals surface area contributed by atoms with E-state index in [9.17, 15) is 0 Å². The molecule has 1 aliphatic carbocycles. The van der Waals surface area contributed by atoms with E-state index >= 15 is 0 Å². The molecule has 0 bridgehead atoms. The Balaban J connectivity index is 0.000000595. The fraction of sp³-hybridized carbons (Fsp3) is 0.364. The minimum absolute atomic E-state index is 0.116. The number of fused-ring (bicyclic) bond motifs is 1. The van der Waals surface area contributed by atoms with Gasteiger partial charge in [0.2, 0.25) is 0 Å². The summed E-state index contributed by atoms with van der Waals surface area (Å²) >= 11 is 0. The summed E-state index contributed by atoms with van der Waals surface area (Å²) in [6.07, 6.45) is 2.23. The molecule has 2 aromatic carbocycles. The highest BCUT2D eigenvalue weighted by atomic mass is 14.5. The van der Waals surface area contributed by atoms with Crippen molar-refractivity contribution in [3.63, 3.8) is 0 Å². The SMILES string of the molecule is CC/C(C)=C1/c2ccccc2CC1(C)c1ccccc1.CCN. The van der Waals surface area contributed by atoms with Crippen LogP contribution in [0.1, 0.15) is 50.8 Å². The molecule has 2 N–H and O–H groups in total. The Bertz CT molecular complexity index is 669. The molecule has 0 spiro atoms. The van der Waals surface area contributed by atoms with E-state index in [-0.39, 0.29) is 5.41 Å². The first-order valence-corrected chi connectivity index (χ1v) is 8.62. The molecule has 0 aromatic heterocycles. The Kier molecular flexibility index (Phi) is 5.79. The molecule has 1 unspecified atom stereocenters. The molecule has 1 heteroatoms. The lowest BCUT2D eigenvalue weighted by molar-refractivity contribution is 0.633. The Hall–Kier alpha value is -1.86. The molecule has 23 heavy (non-hydrogen) atoms. The van der Waals surface area contributed by atoms with Gasteiger partial charge in [0, 0.05) is 5.41 Å². The smallest absolute Gasteiger partial charge is 0.0220 e. The molecular formula is C22H29N. The van der Waals surface area contributed by atoms with Crippen LogP contribution in [0.25, 0.3) is 5.57 Å².